The Hall–Kier alpha value is -1.47. The molecule has 0 spiro atoms. The fourth-order valence-electron chi connectivity index (χ4n) is 1.76. The van der Waals surface area contributed by atoms with Gasteiger partial charge in [-0.25, -0.2) is 12.8 Å². The number of hydrogen-bond donors (Lipinski definition) is 1. The quantitative estimate of drug-likeness (QED) is 0.848. The maximum absolute atomic E-state index is 13.4. The number of piperazine rings is 1. The first-order valence-electron chi connectivity index (χ1n) is 5.47. The van der Waals surface area contributed by atoms with Crippen LogP contribution in [0.25, 0.3) is 0 Å². The van der Waals surface area contributed by atoms with E-state index in [0.29, 0.717) is 0 Å². The van der Waals surface area contributed by atoms with Crippen molar-refractivity contribution in [3.8, 4) is 0 Å². The zero-order valence-electron chi connectivity index (χ0n) is 9.60. The predicted molar refractivity (Wildman–Crippen MR) is 63.6 cm³/mol. The van der Waals surface area contributed by atoms with Crippen LogP contribution in [0.5, 0.6) is 0 Å². The van der Waals surface area contributed by atoms with Crippen molar-refractivity contribution in [2.75, 3.05) is 19.6 Å². The van der Waals surface area contributed by atoms with Gasteiger partial charge in [0.15, 0.2) is 0 Å². The van der Waals surface area contributed by atoms with Crippen molar-refractivity contribution in [3.63, 3.8) is 0 Å². The van der Waals surface area contributed by atoms with Crippen molar-refractivity contribution < 1.29 is 17.6 Å². The van der Waals surface area contributed by atoms with Gasteiger partial charge in [0.25, 0.3) is 0 Å². The van der Waals surface area contributed by atoms with E-state index in [9.17, 15) is 17.6 Å². The van der Waals surface area contributed by atoms with Crippen LogP contribution in [0.3, 0.4) is 0 Å². The average molecular weight is 272 g/mol. The third-order valence-electron chi connectivity index (χ3n) is 2.69. The number of sulfonamides is 1. The molecule has 0 aromatic heterocycles. The van der Waals surface area contributed by atoms with Crippen LogP contribution < -0.4 is 5.32 Å². The normalized spacial score (nSPS) is 17.5. The summed E-state index contributed by atoms with van der Waals surface area (Å²) in [5.74, 6) is -1.31. The van der Waals surface area contributed by atoms with E-state index >= 15 is 0 Å². The van der Waals surface area contributed by atoms with E-state index < -0.39 is 21.6 Å². The summed E-state index contributed by atoms with van der Waals surface area (Å²) in [5.41, 5.74) is 0.114. The largest absolute Gasteiger partial charge is 0.354 e. The molecule has 0 saturated carbocycles. The molecule has 0 bridgehead atoms. The van der Waals surface area contributed by atoms with Crippen LogP contribution in [0, 0.1) is 5.82 Å². The average Bonchev–Trinajstić information content (AvgIpc) is 2.32. The van der Waals surface area contributed by atoms with Gasteiger partial charge in [-0.15, -0.1) is 0 Å². The minimum absolute atomic E-state index is 0.114. The van der Waals surface area contributed by atoms with Crippen molar-refractivity contribution in [2.45, 2.75) is 5.75 Å². The molecule has 1 aliphatic heterocycles. The molecule has 1 fully saturated rings. The number of carbonyl (C=O) groups excluding carboxylic acids is 1. The molecule has 0 radical (unpaired) electrons. The molecular weight excluding hydrogens is 259 g/mol. The van der Waals surface area contributed by atoms with Crippen molar-refractivity contribution in [2.24, 2.45) is 0 Å². The molecule has 1 aromatic rings. The second kappa shape index (κ2) is 5.03. The van der Waals surface area contributed by atoms with Crippen molar-refractivity contribution in [1.29, 1.82) is 0 Å². The van der Waals surface area contributed by atoms with Crippen LogP contribution in [0.4, 0.5) is 4.39 Å². The van der Waals surface area contributed by atoms with Gasteiger partial charge >= 0.3 is 0 Å². The lowest BCUT2D eigenvalue weighted by Crippen LogP contribution is -2.50. The van der Waals surface area contributed by atoms with Gasteiger partial charge in [-0.05, 0) is 6.07 Å². The van der Waals surface area contributed by atoms with E-state index in [-0.39, 0.29) is 31.1 Å². The summed E-state index contributed by atoms with van der Waals surface area (Å²) in [4.78, 5) is 11.1. The molecule has 5 nitrogen and oxygen atoms in total. The SMILES string of the molecule is O=C1CN(S(=O)(=O)Cc2ccccc2F)CCN1. The molecule has 98 valence electrons. The van der Waals surface area contributed by atoms with Crippen molar-refractivity contribution >= 4 is 15.9 Å². The lowest BCUT2D eigenvalue weighted by atomic mass is 10.2. The van der Waals surface area contributed by atoms with Gasteiger partial charge in [0.2, 0.25) is 15.9 Å². The highest BCUT2D eigenvalue weighted by molar-refractivity contribution is 7.88. The Balaban J connectivity index is 2.17. The lowest BCUT2D eigenvalue weighted by Gasteiger charge is -2.25. The minimum atomic E-state index is -3.66. The molecule has 1 saturated heterocycles. The summed E-state index contributed by atoms with van der Waals surface area (Å²) >= 11 is 0. The Morgan fingerprint density at radius 2 is 2.06 bits per heavy atom. The van der Waals surface area contributed by atoms with Crippen LogP contribution in [0.1, 0.15) is 5.56 Å². The third kappa shape index (κ3) is 2.85. The van der Waals surface area contributed by atoms with Gasteiger partial charge in [0.1, 0.15) is 5.82 Å². The highest BCUT2D eigenvalue weighted by Gasteiger charge is 2.28. The second-order valence-corrected chi connectivity index (χ2v) is 6.00. The molecular formula is C11H13FN2O3S. The molecule has 18 heavy (non-hydrogen) atoms. The van der Waals surface area contributed by atoms with E-state index in [1.165, 1.54) is 18.2 Å². The van der Waals surface area contributed by atoms with Crippen molar-refractivity contribution in [3.05, 3.63) is 35.6 Å². The molecule has 1 heterocycles. The number of nitrogens with one attached hydrogen (secondary N) is 1. The topological polar surface area (TPSA) is 66.5 Å². The zero-order chi connectivity index (χ0) is 13.2. The number of nitrogens with zero attached hydrogens (tertiary/aromatic N) is 1. The molecule has 1 N–H and O–H groups in total. The van der Waals surface area contributed by atoms with Crippen LogP contribution >= 0.6 is 0 Å². The molecule has 1 aromatic carbocycles. The summed E-state index contributed by atoms with van der Waals surface area (Å²) in [6, 6.07) is 5.72. The highest BCUT2D eigenvalue weighted by Crippen LogP contribution is 2.14. The molecule has 1 amide bonds. The van der Waals surface area contributed by atoms with E-state index in [2.05, 4.69) is 5.32 Å². The number of rotatable bonds is 3. The summed E-state index contributed by atoms with van der Waals surface area (Å²) < 4.78 is 38.5. The maximum atomic E-state index is 13.4. The fourth-order valence-corrected chi connectivity index (χ4v) is 3.25. The molecule has 2 rings (SSSR count). The van der Waals surface area contributed by atoms with Crippen LogP contribution in [-0.4, -0.2) is 38.3 Å². The number of carbonyl (C=O) groups is 1. The van der Waals surface area contributed by atoms with Gasteiger partial charge in [-0.3, -0.25) is 4.79 Å². The Labute approximate surface area is 105 Å². The third-order valence-corrected chi connectivity index (χ3v) is 4.47. The Morgan fingerprint density at radius 3 is 2.72 bits per heavy atom. The van der Waals surface area contributed by atoms with Gasteiger partial charge in [0.05, 0.1) is 12.3 Å². The fraction of sp³-hybridized carbons (Fsp3) is 0.364. The Morgan fingerprint density at radius 1 is 1.33 bits per heavy atom. The van der Waals surface area contributed by atoms with E-state index in [1.807, 2.05) is 0 Å². The van der Waals surface area contributed by atoms with E-state index in [4.69, 9.17) is 0 Å². The van der Waals surface area contributed by atoms with E-state index in [1.54, 1.807) is 6.07 Å². The first-order valence-corrected chi connectivity index (χ1v) is 7.08. The first kappa shape index (κ1) is 13.0. The summed E-state index contributed by atoms with van der Waals surface area (Å²) in [7, 11) is -3.66. The Bertz CT molecular complexity index is 559. The summed E-state index contributed by atoms with van der Waals surface area (Å²) in [5, 5.41) is 2.54. The molecule has 0 atom stereocenters. The predicted octanol–water partition coefficient (Wildman–Crippen LogP) is 0.0873. The smallest absolute Gasteiger partial charge is 0.235 e. The molecule has 7 heteroatoms. The molecule has 0 unspecified atom stereocenters. The van der Waals surface area contributed by atoms with Crippen molar-refractivity contribution in [1.82, 2.24) is 9.62 Å². The number of halogens is 1. The van der Waals surface area contributed by atoms with Crippen LogP contribution in [-0.2, 0) is 20.6 Å². The standard InChI is InChI=1S/C11H13FN2O3S/c12-10-4-2-1-3-9(10)8-18(16,17)14-6-5-13-11(15)7-14/h1-4H,5-8H2,(H,13,15). The maximum Gasteiger partial charge on any atom is 0.235 e. The highest BCUT2D eigenvalue weighted by atomic mass is 32.2. The number of hydrogen-bond acceptors (Lipinski definition) is 3. The van der Waals surface area contributed by atoms with Gasteiger partial charge < -0.3 is 5.32 Å². The Kier molecular flexibility index (Phi) is 3.63. The summed E-state index contributed by atoms with van der Waals surface area (Å²) in [6.45, 7) is 0.314. The first-order chi connectivity index (χ1) is 8.49. The molecule has 1 aliphatic rings. The molecule has 0 aliphatic carbocycles. The van der Waals surface area contributed by atoms with Gasteiger partial charge in [0, 0.05) is 18.7 Å². The van der Waals surface area contributed by atoms with E-state index in [0.717, 1.165) is 4.31 Å². The zero-order valence-corrected chi connectivity index (χ0v) is 10.4. The number of benzene rings is 1. The van der Waals surface area contributed by atoms with Crippen LogP contribution in [0.2, 0.25) is 0 Å². The van der Waals surface area contributed by atoms with Gasteiger partial charge in [-0.1, -0.05) is 18.2 Å². The number of amides is 1. The second-order valence-electron chi connectivity index (χ2n) is 4.03. The lowest BCUT2D eigenvalue weighted by molar-refractivity contribution is -0.122. The minimum Gasteiger partial charge on any atom is -0.354 e. The monoisotopic (exact) mass is 272 g/mol. The van der Waals surface area contributed by atoms with Gasteiger partial charge in [-0.2, -0.15) is 4.31 Å². The van der Waals surface area contributed by atoms with Crippen LogP contribution in [0.15, 0.2) is 24.3 Å². The summed E-state index contributed by atoms with van der Waals surface area (Å²) in [6.07, 6.45) is 0.